The molecule has 0 saturated heterocycles. The zero-order chi connectivity index (χ0) is 23.2. The molecule has 1 aliphatic heterocycles. The molecule has 0 fully saturated rings. The molecule has 3 aromatic rings. The molecular formula is C28H29N3O2. The Balaban J connectivity index is 1.61. The highest BCUT2D eigenvalue weighted by molar-refractivity contribution is 6.36. The van der Waals surface area contributed by atoms with Gasteiger partial charge in [-0.3, -0.25) is 14.5 Å². The van der Waals surface area contributed by atoms with Crippen molar-refractivity contribution in [3.05, 3.63) is 102 Å². The van der Waals surface area contributed by atoms with Gasteiger partial charge < -0.3 is 10.2 Å². The Labute approximate surface area is 195 Å². The van der Waals surface area contributed by atoms with Gasteiger partial charge in [0.05, 0.1) is 5.57 Å². The Bertz CT molecular complexity index is 1130. The van der Waals surface area contributed by atoms with E-state index in [9.17, 15) is 9.59 Å². The van der Waals surface area contributed by atoms with Crippen molar-refractivity contribution in [3.8, 4) is 0 Å². The minimum atomic E-state index is -0.289. The lowest BCUT2D eigenvalue weighted by Crippen LogP contribution is -2.34. The lowest BCUT2D eigenvalue weighted by atomic mass is 10.0. The molecule has 1 N–H and O–H groups in total. The number of nitrogens with one attached hydrogen (secondary N) is 1. The summed E-state index contributed by atoms with van der Waals surface area (Å²) in [7, 11) is 0. The molecule has 0 radical (unpaired) electrons. The second-order valence-electron chi connectivity index (χ2n) is 7.96. The zero-order valence-electron chi connectivity index (χ0n) is 19.1. The maximum Gasteiger partial charge on any atom is 0.278 e. The van der Waals surface area contributed by atoms with Gasteiger partial charge in [-0.1, -0.05) is 60.7 Å². The molecule has 5 heteroatoms. The summed E-state index contributed by atoms with van der Waals surface area (Å²) < 4.78 is 0. The van der Waals surface area contributed by atoms with E-state index in [0.29, 0.717) is 24.2 Å². The number of nitrogens with zero attached hydrogens (tertiary/aromatic N) is 2. The molecular weight excluding hydrogens is 410 g/mol. The van der Waals surface area contributed by atoms with Crippen LogP contribution in [-0.4, -0.2) is 36.3 Å². The number of carbonyl (C=O) groups excluding carboxylic acids is 2. The highest BCUT2D eigenvalue weighted by atomic mass is 16.2. The second-order valence-corrected chi connectivity index (χ2v) is 7.96. The van der Waals surface area contributed by atoms with Gasteiger partial charge in [0.25, 0.3) is 11.8 Å². The summed E-state index contributed by atoms with van der Waals surface area (Å²) in [5.41, 5.74) is 4.48. The summed E-state index contributed by atoms with van der Waals surface area (Å²) in [6, 6.07) is 27.3. The van der Waals surface area contributed by atoms with Gasteiger partial charge in [0.1, 0.15) is 5.70 Å². The summed E-state index contributed by atoms with van der Waals surface area (Å²) in [6.45, 7) is 6.44. The summed E-state index contributed by atoms with van der Waals surface area (Å²) in [6.07, 6.45) is 0.617. The van der Waals surface area contributed by atoms with Crippen LogP contribution in [0.5, 0.6) is 0 Å². The number of benzene rings is 3. The minimum Gasteiger partial charge on any atom is -0.372 e. The fraction of sp³-hybridized carbons (Fsp3) is 0.214. The smallest absolute Gasteiger partial charge is 0.278 e. The number of hydrogen-bond donors (Lipinski definition) is 1. The van der Waals surface area contributed by atoms with E-state index in [1.807, 2.05) is 84.9 Å². The largest absolute Gasteiger partial charge is 0.372 e. The number of imide groups is 1. The topological polar surface area (TPSA) is 52.7 Å². The van der Waals surface area contributed by atoms with Crippen molar-refractivity contribution in [1.29, 1.82) is 0 Å². The van der Waals surface area contributed by atoms with Gasteiger partial charge in [0, 0.05) is 31.0 Å². The predicted molar refractivity (Wildman–Crippen MR) is 134 cm³/mol. The van der Waals surface area contributed by atoms with Crippen molar-refractivity contribution in [1.82, 2.24) is 4.90 Å². The molecule has 4 rings (SSSR count). The van der Waals surface area contributed by atoms with Crippen molar-refractivity contribution in [2.45, 2.75) is 20.3 Å². The molecule has 0 aliphatic carbocycles. The van der Waals surface area contributed by atoms with Crippen LogP contribution in [0.15, 0.2) is 90.6 Å². The van der Waals surface area contributed by atoms with Crippen molar-refractivity contribution in [2.24, 2.45) is 0 Å². The predicted octanol–water partition coefficient (Wildman–Crippen LogP) is 4.97. The van der Waals surface area contributed by atoms with Crippen LogP contribution < -0.4 is 10.2 Å². The van der Waals surface area contributed by atoms with E-state index in [-0.39, 0.29) is 11.8 Å². The Morgan fingerprint density at radius 1 is 0.758 bits per heavy atom. The fourth-order valence-electron chi connectivity index (χ4n) is 4.14. The number of hydrogen-bond acceptors (Lipinski definition) is 4. The molecule has 5 nitrogen and oxygen atoms in total. The monoisotopic (exact) mass is 439 g/mol. The number of rotatable bonds is 9. The molecule has 168 valence electrons. The van der Waals surface area contributed by atoms with Gasteiger partial charge in [-0.05, 0) is 55.7 Å². The van der Waals surface area contributed by atoms with E-state index in [4.69, 9.17) is 0 Å². The van der Waals surface area contributed by atoms with Crippen molar-refractivity contribution in [3.63, 3.8) is 0 Å². The SMILES string of the molecule is CCN(CC)c1ccc(NC2=C(c3ccccc3)C(=O)N(CCc3ccccc3)C2=O)cc1. The first-order valence-electron chi connectivity index (χ1n) is 11.4. The highest BCUT2D eigenvalue weighted by Crippen LogP contribution is 2.31. The lowest BCUT2D eigenvalue weighted by molar-refractivity contribution is -0.136. The summed E-state index contributed by atoms with van der Waals surface area (Å²) in [5.74, 6) is -0.549. The molecule has 0 bridgehead atoms. The first-order valence-corrected chi connectivity index (χ1v) is 11.4. The Hall–Kier alpha value is -3.86. The molecule has 0 atom stereocenters. The maximum absolute atomic E-state index is 13.4. The van der Waals surface area contributed by atoms with Gasteiger partial charge >= 0.3 is 0 Å². The average Bonchev–Trinajstić information content (AvgIpc) is 3.09. The van der Waals surface area contributed by atoms with Crippen LogP contribution in [-0.2, 0) is 16.0 Å². The van der Waals surface area contributed by atoms with Crippen LogP contribution in [0.3, 0.4) is 0 Å². The number of amides is 2. The number of anilines is 2. The Morgan fingerprint density at radius 3 is 1.97 bits per heavy atom. The van der Waals surface area contributed by atoms with E-state index in [2.05, 4.69) is 24.1 Å². The average molecular weight is 440 g/mol. The lowest BCUT2D eigenvalue weighted by Gasteiger charge is -2.21. The Kier molecular flexibility index (Phi) is 6.89. The van der Waals surface area contributed by atoms with Crippen molar-refractivity contribution >= 4 is 28.8 Å². The summed E-state index contributed by atoms with van der Waals surface area (Å²) in [4.78, 5) is 30.3. The van der Waals surface area contributed by atoms with Gasteiger partial charge in [0.15, 0.2) is 0 Å². The van der Waals surface area contributed by atoms with Crippen LogP contribution >= 0.6 is 0 Å². The maximum atomic E-state index is 13.4. The molecule has 0 saturated carbocycles. The highest BCUT2D eigenvalue weighted by Gasteiger charge is 2.38. The molecule has 0 spiro atoms. The van der Waals surface area contributed by atoms with Crippen molar-refractivity contribution in [2.75, 3.05) is 29.9 Å². The normalized spacial score (nSPS) is 13.6. The summed E-state index contributed by atoms with van der Waals surface area (Å²) >= 11 is 0. The molecule has 1 heterocycles. The quantitative estimate of drug-likeness (QED) is 0.479. The third-order valence-corrected chi connectivity index (χ3v) is 5.96. The van der Waals surface area contributed by atoms with Crippen LogP contribution in [0.1, 0.15) is 25.0 Å². The minimum absolute atomic E-state index is 0.260. The third-order valence-electron chi connectivity index (χ3n) is 5.96. The van der Waals surface area contributed by atoms with Gasteiger partial charge in [0.2, 0.25) is 0 Å². The van der Waals surface area contributed by atoms with Crippen molar-refractivity contribution < 1.29 is 9.59 Å². The van der Waals surface area contributed by atoms with Crippen LogP contribution in [0.25, 0.3) is 5.57 Å². The Morgan fingerprint density at radius 2 is 1.36 bits per heavy atom. The first-order chi connectivity index (χ1) is 16.1. The van der Waals surface area contributed by atoms with Crippen LogP contribution in [0.4, 0.5) is 11.4 Å². The third kappa shape index (κ3) is 4.82. The van der Waals surface area contributed by atoms with Gasteiger partial charge in [-0.25, -0.2) is 0 Å². The zero-order valence-corrected chi connectivity index (χ0v) is 19.1. The van der Waals surface area contributed by atoms with E-state index in [0.717, 1.165) is 35.6 Å². The summed E-state index contributed by atoms with van der Waals surface area (Å²) in [5, 5.41) is 3.25. The molecule has 0 aromatic heterocycles. The first kappa shape index (κ1) is 22.3. The fourth-order valence-corrected chi connectivity index (χ4v) is 4.14. The second kappa shape index (κ2) is 10.2. The van der Waals surface area contributed by atoms with Gasteiger partial charge in [-0.15, -0.1) is 0 Å². The standard InChI is InChI=1S/C28H29N3O2/c1-3-30(4-2)24-17-15-23(16-18-24)29-26-25(22-13-9-6-10-14-22)27(32)31(28(26)33)20-19-21-11-7-5-8-12-21/h5-18,29H,3-4,19-20H2,1-2H3. The number of carbonyl (C=O) groups is 2. The van der Waals surface area contributed by atoms with Crippen LogP contribution in [0.2, 0.25) is 0 Å². The molecule has 1 aliphatic rings. The molecule has 33 heavy (non-hydrogen) atoms. The molecule has 2 amide bonds. The van der Waals surface area contributed by atoms with Crippen LogP contribution in [0, 0.1) is 0 Å². The van der Waals surface area contributed by atoms with E-state index in [1.54, 1.807) is 0 Å². The van der Waals surface area contributed by atoms with E-state index in [1.165, 1.54) is 4.90 Å². The molecule has 3 aromatic carbocycles. The van der Waals surface area contributed by atoms with Gasteiger partial charge in [-0.2, -0.15) is 0 Å². The van der Waals surface area contributed by atoms with E-state index >= 15 is 0 Å². The van der Waals surface area contributed by atoms with E-state index < -0.39 is 0 Å². The molecule has 0 unspecified atom stereocenters.